The molecule has 0 saturated carbocycles. The number of ether oxygens (including phenoxy) is 1. The maximum Gasteiger partial charge on any atom is 0.130 e. The van der Waals surface area contributed by atoms with Gasteiger partial charge in [-0.25, -0.2) is 0 Å². The maximum atomic E-state index is 5.88. The van der Waals surface area contributed by atoms with Gasteiger partial charge in [-0.1, -0.05) is 42.5 Å². The van der Waals surface area contributed by atoms with Crippen LogP contribution in [-0.4, -0.2) is 11.6 Å². The predicted octanol–water partition coefficient (Wildman–Crippen LogP) is 3.86. The largest absolute Gasteiger partial charge is 0.492 e. The summed E-state index contributed by atoms with van der Waals surface area (Å²) in [7, 11) is 0. The van der Waals surface area contributed by atoms with E-state index in [1.807, 2.05) is 36.4 Å². The Labute approximate surface area is 112 Å². The molecule has 0 aliphatic rings. The molecule has 1 aromatic heterocycles. The number of aromatic nitrogens is 1. The smallest absolute Gasteiger partial charge is 0.130 e. The standard InChI is InChI=1S/C17H15NO/c1-2-6-14(7-3-1)11-13-19-17-10-12-18-16-9-5-4-8-15(16)17/h1-10,12H,11,13H2. The first-order valence-electron chi connectivity index (χ1n) is 6.44. The van der Waals surface area contributed by atoms with Gasteiger partial charge in [0.2, 0.25) is 0 Å². The van der Waals surface area contributed by atoms with E-state index in [-0.39, 0.29) is 0 Å². The van der Waals surface area contributed by atoms with Crippen LogP contribution in [0.2, 0.25) is 0 Å². The first-order chi connectivity index (χ1) is 9.43. The number of nitrogens with zero attached hydrogens (tertiary/aromatic N) is 1. The average molecular weight is 249 g/mol. The third-order valence-electron chi connectivity index (χ3n) is 3.10. The molecule has 19 heavy (non-hydrogen) atoms. The molecule has 3 aromatic rings. The van der Waals surface area contributed by atoms with Gasteiger partial charge in [-0.05, 0) is 23.8 Å². The molecule has 0 spiro atoms. The Kier molecular flexibility index (Phi) is 3.41. The van der Waals surface area contributed by atoms with E-state index in [0.717, 1.165) is 23.1 Å². The first kappa shape index (κ1) is 11.7. The van der Waals surface area contributed by atoms with Crippen molar-refractivity contribution in [3.8, 4) is 5.75 Å². The summed E-state index contributed by atoms with van der Waals surface area (Å²) >= 11 is 0. The van der Waals surface area contributed by atoms with Gasteiger partial charge in [0, 0.05) is 18.0 Å². The quantitative estimate of drug-likeness (QED) is 0.700. The van der Waals surface area contributed by atoms with Crippen LogP contribution in [0.1, 0.15) is 5.56 Å². The summed E-state index contributed by atoms with van der Waals surface area (Å²) in [4.78, 5) is 4.33. The van der Waals surface area contributed by atoms with Gasteiger partial charge in [0.25, 0.3) is 0 Å². The summed E-state index contributed by atoms with van der Waals surface area (Å²) in [6.07, 6.45) is 2.71. The van der Waals surface area contributed by atoms with Gasteiger partial charge >= 0.3 is 0 Å². The van der Waals surface area contributed by atoms with Crippen LogP contribution < -0.4 is 4.74 Å². The molecule has 2 aromatic carbocycles. The second-order valence-corrected chi connectivity index (χ2v) is 4.41. The molecule has 2 nitrogen and oxygen atoms in total. The Hall–Kier alpha value is -2.35. The van der Waals surface area contributed by atoms with E-state index < -0.39 is 0 Å². The van der Waals surface area contributed by atoms with E-state index in [2.05, 4.69) is 29.2 Å². The summed E-state index contributed by atoms with van der Waals surface area (Å²) in [6.45, 7) is 0.679. The molecule has 0 unspecified atom stereocenters. The summed E-state index contributed by atoms with van der Waals surface area (Å²) in [5, 5.41) is 1.07. The highest BCUT2D eigenvalue weighted by atomic mass is 16.5. The zero-order valence-corrected chi connectivity index (χ0v) is 10.6. The van der Waals surface area contributed by atoms with E-state index in [1.165, 1.54) is 5.56 Å². The third kappa shape index (κ3) is 2.74. The minimum atomic E-state index is 0.679. The molecule has 0 fully saturated rings. The minimum Gasteiger partial charge on any atom is -0.492 e. The fourth-order valence-corrected chi connectivity index (χ4v) is 2.12. The molecule has 3 rings (SSSR count). The van der Waals surface area contributed by atoms with Crippen molar-refractivity contribution >= 4 is 10.9 Å². The van der Waals surface area contributed by atoms with E-state index in [0.29, 0.717) is 6.61 Å². The molecule has 0 aliphatic heterocycles. The van der Waals surface area contributed by atoms with Gasteiger partial charge in [0.1, 0.15) is 5.75 Å². The lowest BCUT2D eigenvalue weighted by Crippen LogP contribution is -2.01. The minimum absolute atomic E-state index is 0.679. The van der Waals surface area contributed by atoms with Gasteiger partial charge < -0.3 is 4.74 Å². The van der Waals surface area contributed by atoms with Crippen LogP contribution in [-0.2, 0) is 6.42 Å². The molecule has 2 heteroatoms. The monoisotopic (exact) mass is 249 g/mol. The summed E-state index contributed by atoms with van der Waals surface area (Å²) in [5.74, 6) is 0.904. The van der Waals surface area contributed by atoms with Gasteiger partial charge in [0.05, 0.1) is 12.1 Å². The zero-order chi connectivity index (χ0) is 12.9. The van der Waals surface area contributed by atoms with E-state index in [4.69, 9.17) is 4.74 Å². The van der Waals surface area contributed by atoms with Crippen LogP contribution in [0.15, 0.2) is 66.9 Å². The van der Waals surface area contributed by atoms with Crippen LogP contribution in [0.3, 0.4) is 0 Å². The zero-order valence-electron chi connectivity index (χ0n) is 10.6. The molecule has 1 heterocycles. The predicted molar refractivity (Wildman–Crippen MR) is 77.4 cm³/mol. The topological polar surface area (TPSA) is 22.1 Å². The molecule has 0 saturated heterocycles. The van der Waals surface area contributed by atoms with Crippen molar-refractivity contribution in [2.75, 3.05) is 6.61 Å². The van der Waals surface area contributed by atoms with Gasteiger partial charge in [-0.15, -0.1) is 0 Å². The maximum absolute atomic E-state index is 5.88. The fourth-order valence-electron chi connectivity index (χ4n) is 2.12. The molecular formula is C17H15NO. The molecule has 0 bridgehead atoms. The van der Waals surface area contributed by atoms with E-state index in [9.17, 15) is 0 Å². The molecule has 0 amide bonds. The molecule has 0 aliphatic carbocycles. The van der Waals surface area contributed by atoms with Crippen LogP contribution in [0.5, 0.6) is 5.75 Å². The van der Waals surface area contributed by atoms with Crippen molar-refractivity contribution in [3.63, 3.8) is 0 Å². The van der Waals surface area contributed by atoms with Gasteiger partial charge in [-0.3, -0.25) is 4.98 Å². The van der Waals surface area contributed by atoms with Crippen molar-refractivity contribution in [2.45, 2.75) is 6.42 Å². The number of hydrogen-bond acceptors (Lipinski definition) is 2. The molecule has 0 radical (unpaired) electrons. The van der Waals surface area contributed by atoms with Crippen molar-refractivity contribution in [2.24, 2.45) is 0 Å². The lowest BCUT2D eigenvalue weighted by atomic mass is 10.2. The number of fused-ring (bicyclic) bond motifs is 1. The number of pyridine rings is 1. The highest BCUT2D eigenvalue weighted by molar-refractivity contribution is 5.84. The van der Waals surface area contributed by atoms with Crippen LogP contribution in [0, 0.1) is 0 Å². The van der Waals surface area contributed by atoms with Crippen LogP contribution in [0.25, 0.3) is 10.9 Å². The Morgan fingerprint density at radius 1 is 0.842 bits per heavy atom. The normalized spacial score (nSPS) is 10.5. The Morgan fingerprint density at radius 3 is 2.53 bits per heavy atom. The first-order valence-corrected chi connectivity index (χ1v) is 6.44. The Morgan fingerprint density at radius 2 is 1.63 bits per heavy atom. The fraction of sp³-hybridized carbons (Fsp3) is 0.118. The molecule has 0 N–H and O–H groups in total. The third-order valence-corrected chi connectivity index (χ3v) is 3.10. The SMILES string of the molecule is c1ccc(CCOc2ccnc3ccccc23)cc1. The van der Waals surface area contributed by atoms with Crippen molar-refractivity contribution in [3.05, 3.63) is 72.4 Å². The molecular weight excluding hydrogens is 234 g/mol. The Balaban J connectivity index is 1.72. The summed E-state index contributed by atoms with van der Waals surface area (Å²) in [5.41, 5.74) is 2.26. The Bertz CT molecular complexity index is 659. The van der Waals surface area contributed by atoms with Gasteiger partial charge in [0.15, 0.2) is 0 Å². The number of benzene rings is 2. The lowest BCUT2D eigenvalue weighted by Gasteiger charge is -2.08. The van der Waals surface area contributed by atoms with Crippen molar-refractivity contribution < 1.29 is 4.74 Å². The second kappa shape index (κ2) is 5.53. The number of para-hydroxylation sites is 1. The molecule has 94 valence electrons. The van der Waals surface area contributed by atoms with Gasteiger partial charge in [-0.2, -0.15) is 0 Å². The van der Waals surface area contributed by atoms with Crippen LogP contribution in [0.4, 0.5) is 0 Å². The second-order valence-electron chi connectivity index (χ2n) is 4.41. The molecule has 0 atom stereocenters. The van der Waals surface area contributed by atoms with Crippen LogP contribution >= 0.6 is 0 Å². The number of rotatable bonds is 4. The van der Waals surface area contributed by atoms with Crippen molar-refractivity contribution in [1.29, 1.82) is 0 Å². The highest BCUT2D eigenvalue weighted by Gasteiger charge is 2.02. The van der Waals surface area contributed by atoms with E-state index >= 15 is 0 Å². The summed E-state index contributed by atoms with van der Waals surface area (Å²) in [6, 6.07) is 20.3. The summed E-state index contributed by atoms with van der Waals surface area (Å²) < 4.78 is 5.88. The highest BCUT2D eigenvalue weighted by Crippen LogP contribution is 2.23. The average Bonchev–Trinajstić information content (AvgIpc) is 2.49. The van der Waals surface area contributed by atoms with Crippen molar-refractivity contribution in [1.82, 2.24) is 4.98 Å². The van der Waals surface area contributed by atoms with E-state index in [1.54, 1.807) is 6.20 Å². The number of hydrogen-bond donors (Lipinski definition) is 0. The lowest BCUT2D eigenvalue weighted by molar-refractivity contribution is 0.325.